The van der Waals surface area contributed by atoms with Crippen LogP contribution in [0, 0.1) is 0 Å². The molecule has 0 radical (unpaired) electrons. The summed E-state index contributed by atoms with van der Waals surface area (Å²) < 4.78 is 30.6. The Kier molecular flexibility index (Phi) is 7.79. The third kappa shape index (κ3) is 6.44. The molecule has 0 saturated carbocycles. The Bertz CT molecular complexity index is 934. The van der Waals surface area contributed by atoms with Crippen molar-refractivity contribution in [2.75, 3.05) is 43.7 Å². The van der Waals surface area contributed by atoms with Crippen LogP contribution < -0.4 is 9.64 Å². The summed E-state index contributed by atoms with van der Waals surface area (Å²) in [6.45, 7) is 1.07. The van der Waals surface area contributed by atoms with Crippen LogP contribution in [0.25, 0.3) is 0 Å². The Hall–Kier alpha value is -1.61. The van der Waals surface area contributed by atoms with Crippen molar-refractivity contribution >= 4 is 31.5 Å². The fourth-order valence-electron chi connectivity index (χ4n) is 3.61. The molecule has 2 aromatic carbocycles. The van der Waals surface area contributed by atoms with Gasteiger partial charge in [-0.15, -0.1) is 0 Å². The predicted octanol–water partition coefficient (Wildman–Crippen LogP) is 2.94. The van der Waals surface area contributed by atoms with E-state index in [-0.39, 0.29) is 24.2 Å². The molecule has 2 aromatic rings. The summed E-state index contributed by atoms with van der Waals surface area (Å²) in [5.41, 5.74) is 2.19. The Labute approximate surface area is 187 Å². The second kappa shape index (κ2) is 10.1. The maximum atomic E-state index is 12.0. The number of hydrogen-bond donors (Lipinski definition) is 1. The molecule has 8 heteroatoms. The van der Waals surface area contributed by atoms with Gasteiger partial charge in [0.1, 0.15) is 18.5 Å². The molecule has 1 saturated heterocycles. The van der Waals surface area contributed by atoms with Crippen LogP contribution >= 0.6 is 15.9 Å². The van der Waals surface area contributed by atoms with Crippen LogP contribution in [-0.4, -0.2) is 69.3 Å². The van der Waals surface area contributed by atoms with E-state index in [1.54, 1.807) is 0 Å². The van der Waals surface area contributed by atoms with Crippen molar-refractivity contribution in [3.05, 3.63) is 58.6 Å². The van der Waals surface area contributed by atoms with Crippen LogP contribution in [0.1, 0.15) is 12.0 Å². The van der Waals surface area contributed by atoms with Crippen molar-refractivity contribution in [3.8, 4) is 5.75 Å². The number of aliphatic hydroxyl groups is 1. The van der Waals surface area contributed by atoms with E-state index in [1.165, 1.54) is 0 Å². The average molecular weight is 497 g/mol. The lowest BCUT2D eigenvalue weighted by molar-refractivity contribution is 0.0522. The number of halogens is 1. The zero-order valence-electron chi connectivity index (χ0n) is 17.4. The average Bonchev–Trinajstić information content (AvgIpc) is 3.07. The summed E-state index contributed by atoms with van der Waals surface area (Å²) in [6, 6.07) is 15.6. The molecule has 1 N–H and O–H groups in total. The van der Waals surface area contributed by atoms with Gasteiger partial charge in [-0.05, 0) is 52.2 Å². The lowest BCUT2D eigenvalue weighted by atomic mass is 10.1. The minimum Gasteiger partial charge on any atom is -0.490 e. The van der Waals surface area contributed by atoms with E-state index in [9.17, 15) is 13.5 Å². The zero-order valence-corrected chi connectivity index (χ0v) is 19.8. The first-order chi connectivity index (χ1) is 14.2. The third-order valence-corrected chi connectivity index (χ3v) is 7.68. The summed E-state index contributed by atoms with van der Waals surface area (Å²) in [7, 11) is 0.970. The molecule has 2 unspecified atom stereocenters. The number of para-hydroxylation sites is 1. The first-order valence-electron chi connectivity index (χ1n) is 9.99. The minimum atomic E-state index is -3.01. The first kappa shape index (κ1) is 23.1. The van der Waals surface area contributed by atoms with Gasteiger partial charge in [0.25, 0.3) is 0 Å². The highest BCUT2D eigenvalue weighted by molar-refractivity contribution is 9.10. The second-order valence-electron chi connectivity index (χ2n) is 7.94. The minimum absolute atomic E-state index is 0.0957. The number of sulfone groups is 1. The van der Waals surface area contributed by atoms with Crippen molar-refractivity contribution in [1.29, 1.82) is 0 Å². The molecule has 1 fully saturated rings. The quantitative estimate of drug-likeness (QED) is 0.575. The third-order valence-electron chi connectivity index (χ3n) is 5.28. The van der Waals surface area contributed by atoms with Gasteiger partial charge in [-0.2, -0.15) is 0 Å². The number of nitrogens with zero attached hydrogens (tertiary/aromatic N) is 2. The number of ether oxygens (including phenoxy) is 1. The SMILES string of the molecule is CN(C)c1ccc(CN(CC(O)COc2ccccc2Br)C2CCS(=O)(=O)C2)cc1. The molecule has 30 heavy (non-hydrogen) atoms. The van der Waals surface area contributed by atoms with E-state index < -0.39 is 15.9 Å². The molecule has 2 atom stereocenters. The zero-order chi connectivity index (χ0) is 21.7. The maximum absolute atomic E-state index is 12.0. The van der Waals surface area contributed by atoms with Gasteiger partial charge in [-0.1, -0.05) is 24.3 Å². The largest absolute Gasteiger partial charge is 0.490 e. The highest BCUT2D eigenvalue weighted by atomic mass is 79.9. The molecule has 0 spiro atoms. The van der Waals surface area contributed by atoms with Crippen molar-refractivity contribution in [2.24, 2.45) is 0 Å². The number of benzene rings is 2. The number of hydrogen-bond acceptors (Lipinski definition) is 6. The Morgan fingerprint density at radius 3 is 2.47 bits per heavy atom. The Morgan fingerprint density at radius 1 is 1.17 bits per heavy atom. The van der Waals surface area contributed by atoms with Crippen molar-refractivity contribution in [2.45, 2.75) is 25.1 Å². The molecule has 0 aliphatic carbocycles. The van der Waals surface area contributed by atoms with Crippen molar-refractivity contribution in [1.82, 2.24) is 4.90 Å². The molecular weight excluding hydrogens is 468 g/mol. The molecule has 0 aromatic heterocycles. The van der Waals surface area contributed by atoms with Crippen molar-refractivity contribution < 1.29 is 18.3 Å². The van der Waals surface area contributed by atoms with E-state index in [0.717, 1.165) is 15.7 Å². The van der Waals surface area contributed by atoms with Gasteiger partial charge in [0.05, 0.1) is 16.0 Å². The monoisotopic (exact) mass is 496 g/mol. The summed E-state index contributed by atoms with van der Waals surface area (Å²) in [6.07, 6.45) is -0.142. The summed E-state index contributed by atoms with van der Waals surface area (Å²) in [4.78, 5) is 4.11. The van der Waals surface area contributed by atoms with E-state index in [4.69, 9.17) is 4.74 Å². The lowest BCUT2D eigenvalue weighted by Gasteiger charge is -2.30. The van der Waals surface area contributed by atoms with Gasteiger partial charge in [-0.3, -0.25) is 4.90 Å². The topological polar surface area (TPSA) is 70.1 Å². The van der Waals surface area contributed by atoms with E-state index in [2.05, 4.69) is 33.0 Å². The Morgan fingerprint density at radius 2 is 1.87 bits per heavy atom. The summed E-state index contributed by atoms with van der Waals surface area (Å²) in [5, 5.41) is 10.6. The molecule has 3 rings (SSSR count). The normalized spacial score (nSPS) is 19.0. The smallest absolute Gasteiger partial charge is 0.151 e. The molecule has 1 aliphatic rings. The summed E-state index contributed by atoms with van der Waals surface area (Å²) >= 11 is 3.44. The molecule has 1 heterocycles. The molecule has 0 amide bonds. The van der Waals surface area contributed by atoms with Gasteiger partial charge >= 0.3 is 0 Å². The van der Waals surface area contributed by atoms with E-state index >= 15 is 0 Å². The van der Waals surface area contributed by atoms with Crippen LogP contribution in [0.3, 0.4) is 0 Å². The maximum Gasteiger partial charge on any atom is 0.151 e. The van der Waals surface area contributed by atoms with Crippen LogP contribution in [0.4, 0.5) is 5.69 Å². The second-order valence-corrected chi connectivity index (χ2v) is 11.0. The highest BCUT2D eigenvalue weighted by Crippen LogP contribution is 2.25. The predicted molar refractivity (Wildman–Crippen MR) is 124 cm³/mol. The van der Waals surface area contributed by atoms with Gasteiger partial charge in [0, 0.05) is 38.9 Å². The lowest BCUT2D eigenvalue weighted by Crippen LogP contribution is -2.42. The van der Waals surface area contributed by atoms with Gasteiger partial charge in [-0.25, -0.2) is 8.42 Å². The fourth-order valence-corrected chi connectivity index (χ4v) is 5.77. The van der Waals surface area contributed by atoms with Gasteiger partial charge < -0.3 is 14.7 Å². The molecular formula is C22H29BrN2O4S. The van der Waals surface area contributed by atoms with E-state index in [1.807, 2.05) is 55.4 Å². The van der Waals surface area contributed by atoms with Crippen LogP contribution in [0.2, 0.25) is 0 Å². The van der Waals surface area contributed by atoms with Crippen LogP contribution in [-0.2, 0) is 16.4 Å². The number of aliphatic hydroxyl groups excluding tert-OH is 1. The number of rotatable bonds is 9. The molecule has 1 aliphatic heterocycles. The first-order valence-corrected chi connectivity index (χ1v) is 12.6. The van der Waals surface area contributed by atoms with Crippen LogP contribution in [0.5, 0.6) is 5.75 Å². The molecule has 6 nitrogen and oxygen atoms in total. The summed E-state index contributed by atoms with van der Waals surface area (Å²) in [5.74, 6) is 1.02. The van der Waals surface area contributed by atoms with Gasteiger partial charge in [0.15, 0.2) is 9.84 Å². The molecule has 0 bridgehead atoms. The van der Waals surface area contributed by atoms with Gasteiger partial charge in [0.2, 0.25) is 0 Å². The van der Waals surface area contributed by atoms with E-state index in [0.29, 0.717) is 25.3 Å². The Balaban J connectivity index is 1.67. The molecule has 164 valence electrons. The highest BCUT2D eigenvalue weighted by Gasteiger charge is 2.33. The number of anilines is 1. The van der Waals surface area contributed by atoms with Crippen LogP contribution in [0.15, 0.2) is 53.0 Å². The standard InChI is InChI=1S/C22H29BrN2O4S/c1-24(2)18-9-7-17(8-10-18)13-25(19-11-12-30(27,28)16-19)14-20(26)15-29-22-6-4-3-5-21(22)23/h3-10,19-20,26H,11-16H2,1-2H3. The van der Waals surface area contributed by atoms with Crippen molar-refractivity contribution in [3.63, 3.8) is 0 Å². The fraction of sp³-hybridized carbons (Fsp3) is 0.455.